The summed E-state index contributed by atoms with van der Waals surface area (Å²) in [7, 11) is 0. The fraction of sp³-hybridized carbons (Fsp3) is 0.833. The van der Waals surface area contributed by atoms with Crippen LogP contribution in [0, 0.1) is 5.41 Å². The molecule has 11 nitrogen and oxygen atoms in total. The Morgan fingerprint density at radius 3 is 2.46 bits per heavy atom. The van der Waals surface area contributed by atoms with Crippen molar-refractivity contribution in [1.29, 1.82) is 0 Å². The Bertz CT molecular complexity index is 775. The van der Waals surface area contributed by atoms with Gasteiger partial charge in [0.1, 0.15) is 12.6 Å². The molecule has 0 radical (unpaired) electrons. The maximum Gasteiger partial charge on any atom is 0.246 e. The summed E-state index contributed by atoms with van der Waals surface area (Å²) in [5, 5.41) is 9.09. The zero-order valence-electron chi connectivity index (χ0n) is 21.3. The van der Waals surface area contributed by atoms with Crippen LogP contribution in [0.3, 0.4) is 0 Å². The normalized spacial score (nSPS) is 25.6. The number of amides is 4. The van der Waals surface area contributed by atoms with E-state index in [1.54, 1.807) is 4.90 Å². The molecule has 0 unspecified atom stereocenters. The summed E-state index contributed by atoms with van der Waals surface area (Å²) in [6, 6.07) is -0.617. The summed E-state index contributed by atoms with van der Waals surface area (Å²) in [6.45, 7) is 9.50. The van der Waals surface area contributed by atoms with Crippen LogP contribution < -0.4 is 16.0 Å². The molecular weight excluding hydrogens is 454 g/mol. The lowest BCUT2D eigenvalue weighted by Gasteiger charge is -2.44. The SMILES string of the molecule is CC(C)(C)CC(=O)N1CCC2(CC1)CC(=O)N1CCNC[C@H]1C(=O)NCCOCCOCC(=O)N2. The molecule has 3 N–H and O–H groups in total. The number of carbonyl (C=O) groups excluding carboxylic acids is 4. The third kappa shape index (κ3) is 8.15. The predicted molar refractivity (Wildman–Crippen MR) is 128 cm³/mol. The first kappa shape index (κ1) is 27.3. The van der Waals surface area contributed by atoms with E-state index in [2.05, 4.69) is 16.0 Å². The average molecular weight is 496 g/mol. The molecule has 3 rings (SSSR count). The predicted octanol–water partition coefficient (Wildman–Crippen LogP) is -0.746. The van der Waals surface area contributed by atoms with E-state index in [4.69, 9.17) is 9.47 Å². The minimum absolute atomic E-state index is 0.0763. The van der Waals surface area contributed by atoms with Gasteiger partial charge in [0, 0.05) is 45.7 Å². The Morgan fingerprint density at radius 2 is 1.74 bits per heavy atom. The molecule has 3 fully saturated rings. The Labute approximate surface area is 207 Å². The smallest absolute Gasteiger partial charge is 0.246 e. The molecule has 11 heteroatoms. The highest BCUT2D eigenvalue weighted by Crippen LogP contribution is 2.29. The molecule has 0 aromatic carbocycles. The zero-order valence-corrected chi connectivity index (χ0v) is 21.3. The third-order valence-corrected chi connectivity index (χ3v) is 6.67. The molecule has 1 spiro atoms. The Balaban J connectivity index is 1.75. The monoisotopic (exact) mass is 495 g/mol. The van der Waals surface area contributed by atoms with Crippen LogP contribution in [0.5, 0.6) is 0 Å². The van der Waals surface area contributed by atoms with Crippen LogP contribution in [0.1, 0.15) is 46.5 Å². The van der Waals surface area contributed by atoms with Crippen LogP contribution in [0.4, 0.5) is 0 Å². The van der Waals surface area contributed by atoms with Crippen molar-refractivity contribution in [2.45, 2.75) is 58.0 Å². The van der Waals surface area contributed by atoms with Crippen molar-refractivity contribution in [1.82, 2.24) is 25.8 Å². The highest BCUT2D eigenvalue weighted by Gasteiger charge is 2.42. The van der Waals surface area contributed by atoms with E-state index in [-0.39, 0.29) is 48.7 Å². The third-order valence-electron chi connectivity index (χ3n) is 6.67. The summed E-state index contributed by atoms with van der Waals surface area (Å²) in [5.74, 6) is -0.613. The minimum atomic E-state index is -0.796. The van der Waals surface area contributed by atoms with Gasteiger partial charge in [0.25, 0.3) is 0 Å². The largest absolute Gasteiger partial charge is 0.377 e. The summed E-state index contributed by atoms with van der Waals surface area (Å²) >= 11 is 0. The fourth-order valence-corrected chi connectivity index (χ4v) is 4.80. The average Bonchev–Trinajstić information content (AvgIpc) is 2.79. The second-order valence-corrected chi connectivity index (χ2v) is 10.9. The molecule has 1 atom stereocenters. The maximum atomic E-state index is 13.5. The van der Waals surface area contributed by atoms with Crippen LogP contribution in [0.15, 0.2) is 0 Å². The van der Waals surface area contributed by atoms with E-state index in [0.717, 1.165) is 0 Å². The van der Waals surface area contributed by atoms with Crippen LogP contribution in [0.25, 0.3) is 0 Å². The van der Waals surface area contributed by atoms with Gasteiger partial charge in [-0.05, 0) is 18.3 Å². The van der Waals surface area contributed by atoms with Crippen molar-refractivity contribution in [2.24, 2.45) is 5.41 Å². The summed E-state index contributed by atoms with van der Waals surface area (Å²) in [6.07, 6.45) is 1.45. The second kappa shape index (κ2) is 12.1. The summed E-state index contributed by atoms with van der Waals surface area (Å²) < 4.78 is 10.9. The van der Waals surface area contributed by atoms with Gasteiger partial charge in [0.2, 0.25) is 23.6 Å². The first-order valence-corrected chi connectivity index (χ1v) is 12.6. The van der Waals surface area contributed by atoms with Crippen molar-refractivity contribution in [3.05, 3.63) is 0 Å². The first-order chi connectivity index (χ1) is 16.6. The lowest BCUT2D eigenvalue weighted by molar-refractivity contribution is -0.144. The van der Waals surface area contributed by atoms with E-state index in [9.17, 15) is 19.2 Å². The van der Waals surface area contributed by atoms with Gasteiger partial charge in [0.15, 0.2) is 0 Å². The molecule has 4 amide bonds. The molecule has 0 aliphatic carbocycles. The number of ether oxygens (including phenoxy) is 2. The van der Waals surface area contributed by atoms with Crippen molar-refractivity contribution < 1.29 is 28.7 Å². The van der Waals surface area contributed by atoms with Crippen molar-refractivity contribution in [2.75, 3.05) is 65.7 Å². The topological polar surface area (TPSA) is 129 Å². The van der Waals surface area contributed by atoms with Gasteiger partial charge in [-0.3, -0.25) is 19.2 Å². The van der Waals surface area contributed by atoms with Gasteiger partial charge in [-0.1, -0.05) is 20.8 Å². The number of fused-ring (bicyclic) bond motifs is 1. The zero-order chi connectivity index (χ0) is 25.5. The van der Waals surface area contributed by atoms with Crippen molar-refractivity contribution in [3.8, 4) is 0 Å². The van der Waals surface area contributed by atoms with E-state index in [0.29, 0.717) is 71.7 Å². The van der Waals surface area contributed by atoms with Crippen LogP contribution >= 0.6 is 0 Å². The summed E-state index contributed by atoms with van der Waals surface area (Å²) in [4.78, 5) is 55.2. The van der Waals surface area contributed by atoms with Crippen LogP contribution in [0.2, 0.25) is 0 Å². The van der Waals surface area contributed by atoms with Crippen LogP contribution in [-0.2, 0) is 28.7 Å². The van der Waals surface area contributed by atoms with Gasteiger partial charge in [0.05, 0.1) is 31.8 Å². The lowest BCUT2D eigenvalue weighted by Crippen LogP contribution is -2.63. The fourth-order valence-electron chi connectivity index (χ4n) is 4.80. The molecule has 3 aliphatic rings. The number of hydrogen-bond donors (Lipinski definition) is 3. The molecule has 3 heterocycles. The molecule has 198 valence electrons. The molecule has 0 aromatic heterocycles. The van der Waals surface area contributed by atoms with Crippen molar-refractivity contribution >= 4 is 23.6 Å². The Hall–Kier alpha value is -2.24. The van der Waals surface area contributed by atoms with Gasteiger partial charge < -0.3 is 35.2 Å². The number of nitrogens with zero attached hydrogens (tertiary/aromatic N) is 2. The van der Waals surface area contributed by atoms with Gasteiger partial charge in [-0.25, -0.2) is 0 Å². The quantitative estimate of drug-likeness (QED) is 0.437. The van der Waals surface area contributed by atoms with Gasteiger partial charge in [-0.2, -0.15) is 0 Å². The highest BCUT2D eigenvalue weighted by molar-refractivity contribution is 5.89. The Kier molecular flexibility index (Phi) is 9.48. The van der Waals surface area contributed by atoms with Crippen molar-refractivity contribution in [3.63, 3.8) is 0 Å². The first-order valence-electron chi connectivity index (χ1n) is 12.6. The van der Waals surface area contributed by atoms with E-state index >= 15 is 0 Å². The van der Waals surface area contributed by atoms with E-state index < -0.39 is 11.6 Å². The molecule has 0 aromatic rings. The number of rotatable bonds is 1. The molecule has 3 aliphatic heterocycles. The lowest BCUT2D eigenvalue weighted by atomic mass is 9.82. The molecule has 0 saturated carbocycles. The minimum Gasteiger partial charge on any atom is -0.377 e. The summed E-state index contributed by atoms with van der Waals surface area (Å²) in [5.41, 5.74) is -0.910. The van der Waals surface area contributed by atoms with Gasteiger partial charge in [-0.15, -0.1) is 0 Å². The maximum absolute atomic E-state index is 13.5. The van der Waals surface area contributed by atoms with Crippen LogP contribution in [-0.4, -0.2) is 111 Å². The van der Waals surface area contributed by atoms with E-state index in [1.165, 1.54) is 0 Å². The molecular formula is C24H41N5O6. The Morgan fingerprint density at radius 1 is 1.03 bits per heavy atom. The number of piperazine rings is 1. The van der Waals surface area contributed by atoms with Gasteiger partial charge >= 0.3 is 0 Å². The number of carbonyl (C=O) groups is 4. The number of nitrogens with one attached hydrogen (secondary N) is 3. The molecule has 35 heavy (non-hydrogen) atoms. The highest BCUT2D eigenvalue weighted by atomic mass is 16.5. The molecule has 0 bridgehead atoms. The van der Waals surface area contributed by atoms with E-state index in [1.807, 2.05) is 25.7 Å². The standard InChI is InChI=1S/C24H41N5O6/c1-23(2,3)14-20(31)28-8-4-24(5-9-28)15-21(32)29-10-6-25-16-18(29)22(33)26-7-11-34-12-13-35-17-19(30)27-24/h18,25H,4-17H2,1-3H3,(H,26,33)(H,27,30)/t18-/m0/s1. The second-order valence-electron chi connectivity index (χ2n) is 10.9. The number of piperidine rings is 1. The molecule has 3 saturated heterocycles. The number of likely N-dealkylation sites (tertiary alicyclic amines) is 1. The number of hydrogen-bond acceptors (Lipinski definition) is 7.